The van der Waals surface area contributed by atoms with E-state index >= 15 is 0 Å². The zero-order chi connectivity index (χ0) is 13.8. The number of nitrogens with zero attached hydrogens (tertiary/aromatic N) is 1. The van der Waals surface area contributed by atoms with Crippen molar-refractivity contribution in [2.45, 2.75) is 26.8 Å². The lowest BCUT2D eigenvalue weighted by Crippen LogP contribution is -2.51. The van der Waals surface area contributed by atoms with E-state index < -0.39 is 0 Å². The van der Waals surface area contributed by atoms with Crippen LogP contribution in [-0.4, -0.2) is 43.0 Å². The highest BCUT2D eigenvalue weighted by Crippen LogP contribution is 2.17. The number of benzene rings is 1. The van der Waals surface area contributed by atoms with E-state index in [0.717, 1.165) is 30.9 Å². The zero-order valence-corrected chi connectivity index (χ0v) is 12.0. The Hall–Kier alpha value is -1.39. The third-order valence-corrected chi connectivity index (χ3v) is 3.70. The molecule has 4 nitrogen and oxygen atoms in total. The highest BCUT2D eigenvalue weighted by molar-refractivity contribution is 5.93. The van der Waals surface area contributed by atoms with Crippen LogP contribution in [0.3, 0.4) is 0 Å². The fourth-order valence-corrected chi connectivity index (χ4v) is 2.44. The van der Waals surface area contributed by atoms with Gasteiger partial charge in [-0.15, -0.1) is 0 Å². The van der Waals surface area contributed by atoms with Crippen LogP contribution in [0.25, 0.3) is 0 Å². The number of carbonyl (C=O) groups is 1. The third kappa shape index (κ3) is 3.78. The Morgan fingerprint density at radius 2 is 2.26 bits per heavy atom. The van der Waals surface area contributed by atoms with Crippen LogP contribution >= 0.6 is 0 Å². The zero-order valence-electron chi connectivity index (χ0n) is 12.0. The largest absolute Gasteiger partial charge is 0.325 e. The van der Waals surface area contributed by atoms with Crippen LogP contribution < -0.4 is 10.6 Å². The molecule has 2 N–H and O–H groups in total. The summed E-state index contributed by atoms with van der Waals surface area (Å²) in [5.74, 6) is 0.0720. The predicted octanol–water partition coefficient (Wildman–Crippen LogP) is 1.54. The molecule has 1 aliphatic rings. The van der Waals surface area contributed by atoms with Crippen molar-refractivity contribution in [1.29, 1.82) is 0 Å². The summed E-state index contributed by atoms with van der Waals surface area (Å²) in [5.41, 5.74) is 3.27. The maximum atomic E-state index is 12.1. The molecule has 1 aromatic rings. The second-order valence-electron chi connectivity index (χ2n) is 5.39. The molecule has 0 saturated carbocycles. The van der Waals surface area contributed by atoms with Gasteiger partial charge in [-0.1, -0.05) is 12.1 Å². The number of hydrogen-bond acceptors (Lipinski definition) is 3. The van der Waals surface area contributed by atoms with Crippen LogP contribution in [0.1, 0.15) is 18.1 Å². The second kappa shape index (κ2) is 6.17. The van der Waals surface area contributed by atoms with Gasteiger partial charge in [-0.25, -0.2) is 0 Å². The van der Waals surface area contributed by atoms with Crippen LogP contribution in [-0.2, 0) is 4.79 Å². The highest BCUT2D eigenvalue weighted by atomic mass is 16.2. The minimum Gasteiger partial charge on any atom is -0.325 e. The molecule has 4 heteroatoms. The Kier molecular flexibility index (Phi) is 4.56. The molecule has 0 bridgehead atoms. The smallest absolute Gasteiger partial charge is 0.238 e. The quantitative estimate of drug-likeness (QED) is 0.867. The van der Waals surface area contributed by atoms with E-state index in [-0.39, 0.29) is 5.91 Å². The first-order chi connectivity index (χ1) is 9.06. The number of hydrogen-bond donors (Lipinski definition) is 2. The monoisotopic (exact) mass is 261 g/mol. The summed E-state index contributed by atoms with van der Waals surface area (Å²) in [6, 6.07) is 6.45. The number of nitrogens with one attached hydrogen (secondary N) is 2. The molecule has 0 radical (unpaired) electrons. The number of amides is 1. The van der Waals surface area contributed by atoms with Crippen molar-refractivity contribution in [2.24, 2.45) is 0 Å². The van der Waals surface area contributed by atoms with Crippen LogP contribution in [0.5, 0.6) is 0 Å². The molecular weight excluding hydrogens is 238 g/mol. The Morgan fingerprint density at radius 1 is 1.47 bits per heavy atom. The van der Waals surface area contributed by atoms with E-state index in [2.05, 4.69) is 35.4 Å². The molecule has 1 heterocycles. The third-order valence-electron chi connectivity index (χ3n) is 3.70. The lowest BCUT2D eigenvalue weighted by atomic mass is 10.1. The van der Waals surface area contributed by atoms with Gasteiger partial charge < -0.3 is 10.6 Å². The normalized spacial score (nSPS) is 20.3. The summed E-state index contributed by atoms with van der Waals surface area (Å²) in [6.45, 7) is 9.54. The van der Waals surface area contributed by atoms with Crippen LogP contribution in [0.2, 0.25) is 0 Å². The number of piperazine rings is 1. The first kappa shape index (κ1) is 14.0. The van der Waals surface area contributed by atoms with Crippen LogP contribution in [0, 0.1) is 13.8 Å². The molecule has 0 unspecified atom stereocenters. The highest BCUT2D eigenvalue weighted by Gasteiger charge is 2.18. The maximum absolute atomic E-state index is 12.1. The van der Waals surface area contributed by atoms with Crippen molar-refractivity contribution < 1.29 is 4.79 Å². The van der Waals surface area contributed by atoms with E-state index in [1.54, 1.807) is 0 Å². The lowest BCUT2D eigenvalue weighted by Gasteiger charge is -2.31. The van der Waals surface area contributed by atoms with Gasteiger partial charge in [-0.05, 0) is 38.0 Å². The van der Waals surface area contributed by atoms with Gasteiger partial charge >= 0.3 is 0 Å². The second-order valence-corrected chi connectivity index (χ2v) is 5.39. The van der Waals surface area contributed by atoms with Crippen LogP contribution in [0.4, 0.5) is 5.69 Å². The molecule has 1 atom stereocenters. The summed E-state index contributed by atoms with van der Waals surface area (Å²) in [5, 5.41) is 6.39. The topological polar surface area (TPSA) is 44.4 Å². The van der Waals surface area contributed by atoms with Crippen molar-refractivity contribution in [1.82, 2.24) is 10.2 Å². The summed E-state index contributed by atoms with van der Waals surface area (Å²) < 4.78 is 0. The van der Waals surface area contributed by atoms with Crippen molar-refractivity contribution in [2.75, 3.05) is 31.5 Å². The summed E-state index contributed by atoms with van der Waals surface area (Å²) >= 11 is 0. The molecular formula is C15H23N3O. The summed E-state index contributed by atoms with van der Waals surface area (Å²) in [6.07, 6.45) is 0. The SMILES string of the molecule is Cc1cccc(NC(=O)CN2CCN[C@@H](C)C2)c1C. The van der Waals surface area contributed by atoms with Gasteiger partial charge in [0.1, 0.15) is 0 Å². The van der Waals surface area contributed by atoms with Gasteiger partial charge in [0.15, 0.2) is 0 Å². The van der Waals surface area contributed by atoms with E-state index in [1.165, 1.54) is 5.56 Å². The molecule has 1 aliphatic heterocycles. The molecule has 19 heavy (non-hydrogen) atoms. The molecule has 1 aromatic carbocycles. The standard InChI is InChI=1S/C15H23N3O/c1-11-5-4-6-14(13(11)3)17-15(19)10-18-8-7-16-12(2)9-18/h4-6,12,16H,7-10H2,1-3H3,(H,17,19)/t12-/m0/s1. The maximum Gasteiger partial charge on any atom is 0.238 e. The molecule has 0 aliphatic carbocycles. The molecule has 1 fully saturated rings. The van der Waals surface area contributed by atoms with Crippen molar-refractivity contribution in [3.8, 4) is 0 Å². The molecule has 1 saturated heterocycles. The summed E-state index contributed by atoms with van der Waals surface area (Å²) in [7, 11) is 0. The number of aryl methyl sites for hydroxylation is 1. The Balaban J connectivity index is 1.92. The van der Waals surface area contributed by atoms with Gasteiger partial charge in [-0.3, -0.25) is 9.69 Å². The Bertz CT molecular complexity index is 459. The average molecular weight is 261 g/mol. The lowest BCUT2D eigenvalue weighted by molar-refractivity contribution is -0.117. The first-order valence-corrected chi connectivity index (χ1v) is 6.88. The minimum absolute atomic E-state index is 0.0720. The van der Waals surface area contributed by atoms with Gasteiger partial charge in [0.2, 0.25) is 5.91 Å². The number of rotatable bonds is 3. The van der Waals surface area contributed by atoms with E-state index in [4.69, 9.17) is 0 Å². The predicted molar refractivity (Wildman–Crippen MR) is 78.5 cm³/mol. The average Bonchev–Trinajstić information content (AvgIpc) is 2.35. The van der Waals surface area contributed by atoms with E-state index in [0.29, 0.717) is 12.6 Å². The fraction of sp³-hybridized carbons (Fsp3) is 0.533. The number of anilines is 1. The van der Waals surface area contributed by atoms with Gasteiger partial charge in [0.05, 0.1) is 6.54 Å². The van der Waals surface area contributed by atoms with Gasteiger partial charge in [-0.2, -0.15) is 0 Å². The molecule has 0 aromatic heterocycles. The van der Waals surface area contributed by atoms with E-state index in [1.807, 2.05) is 19.1 Å². The van der Waals surface area contributed by atoms with Crippen molar-refractivity contribution in [3.05, 3.63) is 29.3 Å². The molecule has 0 spiro atoms. The van der Waals surface area contributed by atoms with Crippen molar-refractivity contribution in [3.63, 3.8) is 0 Å². The minimum atomic E-state index is 0.0720. The van der Waals surface area contributed by atoms with Gasteiger partial charge in [0.25, 0.3) is 0 Å². The van der Waals surface area contributed by atoms with E-state index in [9.17, 15) is 4.79 Å². The Morgan fingerprint density at radius 3 is 3.00 bits per heavy atom. The molecule has 104 valence electrons. The molecule has 2 rings (SSSR count). The first-order valence-electron chi connectivity index (χ1n) is 6.88. The molecule has 1 amide bonds. The summed E-state index contributed by atoms with van der Waals surface area (Å²) in [4.78, 5) is 14.3. The van der Waals surface area contributed by atoms with Crippen LogP contribution in [0.15, 0.2) is 18.2 Å². The van der Waals surface area contributed by atoms with Crippen molar-refractivity contribution >= 4 is 11.6 Å². The Labute approximate surface area is 115 Å². The van der Waals surface area contributed by atoms with Gasteiger partial charge in [0, 0.05) is 31.4 Å². The fourth-order valence-electron chi connectivity index (χ4n) is 2.44. The number of carbonyl (C=O) groups excluding carboxylic acids is 1.